The minimum atomic E-state index is -0.755. The third kappa shape index (κ3) is 1.71. The van der Waals surface area contributed by atoms with E-state index >= 15 is 0 Å². The topological polar surface area (TPSA) is 43.8 Å². The minimum absolute atomic E-state index is 0.451. The first-order valence-electron chi connectivity index (χ1n) is 5.38. The number of likely N-dealkylation sites (N-methyl/N-ethyl adjacent to an activating group) is 1. The van der Waals surface area contributed by atoms with E-state index in [9.17, 15) is 4.79 Å². The number of piperazine rings is 1. The van der Waals surface area contributed by atoms with Crippen LogP contribution in [0.25, 0.3) is 0 Å². The Morgan fingerprint density at radius 3 is 2.14 bits per heavy atom. The van der Waals surface area contributed by atoms with E-state index in [-0.39, 0.29) is 0 Å². The van der Waals surface area contributed by atoms with Crippen molar-refractivity contribution in [1.29, 1.82) is 0 Å². The molecule has 2 unspecified atom stereocenters. The fourth-order valence-electron chi connectivity index (χ4n) is 2.65. The molecule has 4 nitrogen and oxygen atoms in total. The lowest BCUT2D eigenvalue weighted by atomic mass is 10.1. The maximum atomic E-state index is 10.9. The summed E-state index contributed by atoms with van der Waals surface area (Å²) in [6.07, 6.45) is 4.04. The van der Waals surface area contributed by atoms with Crippen molar-refractivity contribution in [1.82, 2.24) is 9.80 Å². The molecule has 2 aliphatic heterocycles. The van der Waals surface area contributed by atoms with Crippen molar-refractivity contribution < 1.29 is 9.90 Å². The number of rotatable bonds is 0. The van der Waals surface area contributed by atoms with Crippen LogP contribution in [0.3, 0.4) is 0 Å². The molecular formula is C10H18N2O2. The SMILES string of the molecule is CN1C2CCCCC1CN(C(=O)O)C2. The third-order valence-electron chi connectivity index (χ3n) is 3.61. The van der Waals surface area contributed by atoms with Gasteiger partial charge in [-0.15, -0.1) is 0 Å². The number of hydrogen-bond acceptors (Lipinski definition) is 2. The molecule has 1 amide bonds. The van der Waals surface area contributed by atoms with Crippen molar-refractivity contribution >= 4 is 6.09 Å². The van der Waals surface area contributed by atoms with E-state index in [1.807, 2.05) is 0 Å². The van der Waals surface area contributed by atoms with Crippen LogP contribution in [-0.4, -0.2) is 53.2 Å². The van der Waals surface area contributed by atoms with Gasteiger partial charge < -0.3 is 10.0 Å². The average Bonchev–Trinajstić information content (AvgIpc) is 2.28. The highest BCUT2D eigenvalue weighted by Crippen LogP contribution is 2.25. The molecule has 0 spiro atoms. The lowest BCUT2D eigenvalue weighted by Gasteiger charge is -2.42. The van der Waals surface area contributed by atoms with Crippen LogP contribution in [0.5, 0.6) is 0 Å². The zero-order chi connectivity index (χ0) is 10.1. The fourth-order valence-corrected chi connectivity index (χ4v) is 2.65. The number of amides is 1. The van der Waals surface area contributed by atoms with Gasteiger partial charge in [0.15, 0.2) is 0 Å². The first kappa shape index (κ1) is 9.77. The first-order chi connectivity index (χ1) is 6.68. The Hall–Kier alpha value is -0.770. The van der Waals surface area contributed by atoms with E-state index in [1.165, 1.54) is 12.8 Å². The van der Waals surface area contributed by atoms with Crippen LogP contribution in [-0.2, 0) is 0 Å². The van der Waals surface area contributed by atoms with E-state index in [1.54, 1.807) is 4.90 Å². The maximum absolute atomic E-state index is 10.9. The second-order valence-electron chi connectivity index (χ2n) is 4.45. The lowest BCUT2D eigenvalue weighted by Crippen LogP contribution is -2.57. The summed E-state index contributed by atoms with van der Waals surface area (Å²) in [5, 5.41) is 8.98. The van der Waals surface area contributed by atoms with Gasteiger partial charge >= 0.3 is 6.09 Å². The van der Waals surface area contributed by atoms with Crippen LogP contribution in [0.15, 0.2) is 0 Å². The van der Waals surface area contributed by atoms with Crippen molar-refractivity contribution in [3.8, 4) is 0 Å². The van der Waals surface area contributed by atoms with Crippen LogP contribution in [0.4, 0.5) is 4.79 Å². The number of carbonyl (C=O) groups is 1. The summed E-state index contributed by atoms with van der Waals surface area (Å²) in [4.78, 5) is 14.9. The summed E-state index contributed by atoms with van der Waals surface area (Å²) < 4.78 is 0. The molecule has 0 aromatic rings. The van der Waals surface area contributed by atoms with Crippen LogP contribution in [0.2, 0.25) is 0 Å². The van der Waals surface area contributed by atoms with E-state index < -0.39 is 6.09 Å². The van der Waals surface area contributed by atoms with Crippen LogP contribution in [0, 0.1) is 0 Å². The summed E-state index contributed by atoms with van der Waals surface area (Å²) in [5.74, 6) is 0. The van der Waals surface area contributed by atoms with Gasteiger partial charge in [0.25, 0.3) is 0 Å². The van der Waals surface area contributed by atoms with Crippen LogP contribution in [0.1, 0.15) is 25.7 Å². The average molecular weight is 198 g/mol. The molecule has 2 bridgehead atoms. The molecule has 14 heavy (non-hydrogen) atoms. The number of hydrogen-bond donors (Lipinski definition) is 1. The molecule has 0 radical (unpaired) electrons. The Morgan fingerprint density at radius 1 is 1.21 bits per heavy atom. The largest absolute Gasteiger partial charge is 0.465 e. The van der Waals surface area contributed by atoms with Gasteiger partial charge in [0.05, 0.1) is 0 Å². The molecule has 0 aromatic heterocycles. The molecule has 4 heteroatoms. The van der Waals surface area contributed by atoms with Crippen molar-refractivity contribution in [2.24, 2.45) is 0 Å². The van der Waals surface area contributed by atoms with Gasteiger partial charge in [-0.1, -0.05) is 12.8 Å². The van der Waals surface area contributed by atoms with Gasteiger partial charge in [-0.2, -0.15) is 0 Å². The Labute approximate surface area is 84.5 Å². The Morgan fingerprint density at radius 2 is 1.71 bits per heavy atom. The molecule has 0 aliphatic carbocycles. The highest BCUT2D eigenvalue weighted by Gasteiger charge is 2.35. The Balaban J connectivity index is 2.10. The van der Waals surface area contributed by atoms with E-state index in [0.29, 0.717) is 25.2 Å². The first-order valence-corrected chi connectivity index (χ1v) is 5.38. The zero-order valence-electron chi connectivity index (χ0n) is 8.65. The van der Waals surface area contributed by atoms with E-state index in [0.717, 1.165) is 12.8 Å². The zero-order valence-corrected chi connectivity index (χ0v) is 8.65. The van der Waals surface area contributed by atoms with Crippen molar-refractivity contribution in [2.45, 2.75) is 37.8 Å². The third-order valence-corrected chi connectivity index (χ3v) is 3.61. The highest BCUT2D eigenvalue weighted by molar-refractivity contribution is 5.65. The van der Waals surface area contributed by atoms with Crippen molar-refractivity contribution in [2.75, 3.05) is 20.1 Å². The second kappa shape index (κ2) is 3.77. The van der Waals surface area contributed by atoms with E-state index in [4.69, 9.17) is 5.11 Å². The lowest BCUT2D eigenvalue weighted by molar-refractivity contribution is 0.0466. The quantitative estimate of drug-likeness (QED) is 0.636. The summed E-state index contributed by atoms with van der Waals surface area (Å²) in [7, 11) is 2.14. The van der Waals surface area contributed by atoms with Gasteiger partial charge in [-0.05, 0) is 19.9 Å². The molecule has 2 saturated heterocycles. The molecule has 80 valence electrons. The van der Waals surface area contributed by atoms with Gasteiger partial charge in [-0.25, -0.2) is 4.79 Å². The normalized spacial score (nSPS) is 33.9. The number of fused-ring (bicyclic) bond motifs is 2. The second-order valence-corrected chi connectivity index (χ2v) is 4.45. The predicted octanol–water partition coefficient (Wildman–Crippen LogP) is 1.22. The minimum Gasteiger partial charge on any atom is -0.465 e. The molecule has 2 fully saturated rings. The molecule has 2 aliphatic rings. The molecule has 0 saturated carbocycles. The van der Waals surface area contributed by atoms with Gasteiger partial charge in [0, 0.05) is 25.2 Å². The van der Waals surface area contributed by atoms with E-state index in [2.05, 4.69) is 11.9 Å². The summed E-state index contributed by atoms with van der Waals surface area (Å²) in [6, 6.07) is 0.902. The number of carboxylic acid groups (broad SMARTS) is 1. The molecule has 0 aromatic carbocycles. The fraction of sp³-hybridized carbons (Fsp3) is 0.900. The molecular weight excluding hydrogens is 180 g/mol. The Bertz CT molecular complexity index is 216. The summed E-state index contributed by atoms with van der Waals surface area (Å²) >= 11 is 0. The molecule has 2 heterocycles. The molecule has 2 atom stereocenters. The Kier molecular flexibility index (Phi) is 2.63. The van der Waals surface area contributed by atoms with Gasteiger partial charge in [0.2, 0.25) is 0 Å². The molecule has 1 N–H and O–H groups in total. The standard InChI is InChI=1S/C10H18N2O2/c1-11-8-4-2-3-5-9(11)7-12(6-8)10(13)14/h8-9H,2-7H2,1H3,(H,13,14). The van der Waals surface area contributed by atoms with Crippen molar-refractivity contribution in [3.63, 3.8) is 0 Å². The monoisotopic (exact) mass is 198 g/mol. The highest BCUT2D eigenvalue weighted by atomic mass is 16.4. The van der Waals surface area contributed by atoms with Gasteiger partial charge in [0.1, 0.15) is 0 Å². The van der Waals surface area contributed by atoms with Gasteiger partial charge in [-0.3, -0.25) is 4.90 Å². The summed E-state index contributed by atoms with van der Waals surface area (Å²) in [5.41, 5.74) is 0. The van der Waals surface area contributed by atoms with Crippen LogP contribution >= 0.6 is 0 Å². The summed E-state index contributed by atoms with van der Waals surface area (Å²) in [6.45, 7) is 1.39. The smallest absolute Gasteiger partial charge is 0.407 e. The van der Waals surface area contributed by atoms with Crippen molar-refractivity contribution in [3.05, 3.63) is 0 Å². The maximum Gasteiger partial charge on any atom is 0.407 e. The van der Waals surface area contributed by atoms with Crippen LogP contribution < -0.4 is 0 Å². The molecule has 2 rings (SSSR count). The predicted molar refractivity (Wildman–Crippen MR) is 53.4 cm³/mol. The number of nitrogens with zero attached hydrogens (tertiary/aromatic N) is 2.